The second kappa shape index (κ2) is 4.68. The van der Waals surface area contributed by atoms with Gasteiger partial charge >= 0.3 is 0 Å². The molecule has 0 aliphatic heterocycles. The van der Waals surface area contributed by atoms with Gasteiger partial charge in [0.05, 0.1) is 6.61 Å². The second-order valence-corrected chi connectivity index (χ2v) is 2.46. The standard InChI is InChI=1S/C5H10O5S/c6-1-2(7)3(8)4(9)5(10)11/h2-4,6-9H,1H2,(H,10,11)/t2-,3+,4-/m1/s1. The molecule has 66 valence electrons. The van der Waals surface area contributed by atoms with Crippen LogP contribution in [0.5, 0.6) is 0 Å². The maximum absolute atomic E-state index is 10.3. The van der Waals surface area contributed by atoms with Crippen molar-refractivity contribution in [2.45, 2.75) is 18.3 Å². The van der Waals surface area contributed by atoms with Crippen molar-refractivity contribution >= 4 is 17.7 Å². The first-order valence-electron chi connectivity index (χ1n) is 2.88. The predicted molar refractivity (Wildman–Crippen MR) is 39.1 cm³/mol. The summed E-state index contributed by atoms with van der Waals surface area (Å²) < 4.78 is 0. The Morgan fingerprint density at radius 1 is 1.36 bits per heavy atom. The Hall–Kier alpha value is -0.140. The summed E-state index contributed by atoms with van der Waals surface area (Å²) in [5, 5.41) is 33.6. The molecule has 0 spiro atoms. The molecule has 0 aliphatic carbocycles. The molecule has 4 N–H and O–H groups in total. The summed E-state index contributed by atoms with van der Waals surface area (Å²) in [6, 6.07) is 0. The van der Waals surface area contributed by atoms with Crippen molar-refractivity contribution < 1.29 is 25.2 Å². The Kier molecular flexibility index (Phi) is 4.62. The summed E-state index contributed by atoms with van der Waals surface area (Å²) in [5.74, 6) is 0. The molecule has 0 aliphatic rings. The molecule has 0 heterocycles. The van der Waals surface area contributed by atoms with Gasteiger partial charge in [-0.25, -0.2) is 0 Å². The summed E-state index contributed by atoms with van der Waals surface area (Å²) in [6.45, 7) is -0.723. The van der Waals surface area contributed by atoms with E-state index in [2.05, 4.69) is 12.6 Å². The molecule has 6 heteroatoms. The minimum atomic E-state index is -1.76. The molecule has 0 aromatic heterocycles. The van der Waals surface area contributed by atoms with Gasteiger partial charge in [0.1, 0.15) is 12.2 Å². The van der Waals surface area contributed by atoms with E-state index in [-0.39, 0.29) is 0 Å². The van der Waals surface area contributed by atoms with Crippen molar-refractivity contribution in [2.75, 3.05) is 6.61 Å². The summed E-state index contributed by atoms with van der Waals surface area (Å²) in [7, 11) is 0. The summed E-state index contributed by atoms with van der Waals surface area (Å²) >= 11 is 3.22. The summed E-state index contributed by atoms with van der Waals surface area (Å²) in [4.78, 5) is 10.3. The SMILES string of the molecule is O=C(S)[C@H](O)[C@@H](O)[C@H](O)CO. The van der Waals surface area contributed by atoms with Crippen LogP contribution < -0.4 is 0 Å². The Morgan fingerprint density at radius 3 is 2.09 bits per heavy atom. The molecule has 0 saturated heterocycles. The predicted octanol–water partition coefficient (Wildman–Crippen LogP) is -2.48. The zero-order chi connectivity index (χ0) is 9.02. The maximum atomic E-state index is 10.3. The quantitative estimate of drug-likeness (QED) is 0.310. The highest BCUT2D eigenvalue weighted by atomic mass is 32.1. The summed E-state index contributed by atoms with van der Waals surface area (Å²) in [5.41, 5.74) is 0. The van der Waals surface area contributed by atoms with E-state index < -0.39 is 30.0 Å². The van der Waals surface area contributed by atoms with Gasteiger partial charge in [-0.15, -0.1) is 12.6 Å². The smallest absolute Gasteiger partial charge is 0.217 e. The molecule has 0 rings (SSSR count). The Morgan fingerprint density at radius 2 is 1.82 bits per heavy atom. The van der Waals surface area contributed by atoms with Gasteiger partial charge in [-0.3, -0.25) is 4.79 Å². The van der Waals surface area contributed by atoms with Gasteiger partial charge in [-0.2, -0.15) is 0 Å². The topological polar surface area (TPSA) is 98.0 Å². The lowest BCUT2D eigenvalue weighted by atomic mass is 10.1. The number of carbonyl (C=O) groups is 1. The van der Waals surface area contributed by atoms with E-state index >= 15 is 0 Å². The number of thiol groups is 1. The third-order valence-corrected chi connectivity index (χ3v) is 1.42. The van der Waals surface area contributed by atoms with Crippen LogP contribution in [0.15, 0.2) is 0 Å². The summed E-state index contributed by atoms with van der Waals surface area (Å²) in [6.07, 6.45) is -4.98. The molecule has 0 radical (unpaired) electrons. The van der Waals surface area contributed by atoms with E-state index in [4.69, 9.17) is 20.4 Å². The minimum Gasteiger partial charge on any atom is -0.394 e. The van der Waals surface area contributed by atoms with Crippen LogP contribution in [-0.2, 0) is 4.79 Å². The molecule has 0 aromatic rings. The monoisotopic (exact) mass is 182 g/mol. The lowest BCUT2D eigenvalue weighted by Crippen LogP contribution is -2.42. The van der Waals surface area contributed by atoms with E-state index in [0.717, 1.165) is 0 Å². The van der Waals surface area contributed by atoms with E-state index in [1.165, 1.54) is 0 Å². The largest absolute Gasteiger partial charge is 0.394 e. The van der Waals surface area contributed by atoms with Crippen LogP contribution in [0.25, 0.3) is 0 Å². The first-order chi connectivity index (χ1) is 5.00. The van der Waals surface area contributed by atoms with E-state index in [0.29, 0.717) is 0 Å². The highest BCUT2D eigenvalue weighted by molar-refractivity contribution is 7.96. The van der Waals surface area contributed by atoms with Crippen LogP contribution in [0.3, 0.4) is 0 Å². The van der Waals surface area contributed by atoms with Crippen molar-refractivity contribution in [3.63, 3.8) is 0 Å². The molecule has 0 aromatic carbocycles. The van der Waals surface area contributed by atoms with Crippen LogP contribution in [0.4, 0.5) is 0 Å². The van der Waals surface area contributed by atoms with Crippen molar-refractivity contribution in [3.8, 4) is 0 Å². The fourth-order valence-electron chi connectivity index (χ4n) is 0.465. The molecule has 0 unspecified atom stereocenters. The van der Waals surface area contributed by atoms with E-state index in [9.17, 15) is 4.79 Å². The highest BCUT2D eigenvalue weighted by Crippen LogP contribution is 2.02. The van der Waals surface area contributed by atoms with Gasteiger partial charge < -0.3 is 20.4 Å². The van der Waals surface area contributed by atoms with E-state index in [1.807, 2.05) is 0 Å². The third-order valence-electron chi connectivity index (χ3n) is 1.16. The average Bonchev–Trinajstić information content (AvgIpc) is 2.00. The normalized spacial score (nSPS) is 19.0. The number of hydrogen-bond acceptors (Lipinski definition) is 5. The minimum absolute atomic E-state index is 0.723. The van der Waals surface area contributed by atoms with Gasteiger partial charge in [-0.1, -0.05) is 0 Å². The van der Waals surface area contributed by atoms with Crippen LogP contribution in [0.1, 0.15) is 0 Å². The van der Waals surface area contributed by atoms with Crippen molar-refractivity contribution in [3.05, 3.63) is 0 Å². The van der Waals surface area contributed by atoms with Gasteiger partial charge in [-0.05, 0) is 0 Å². The number of aliphatic hydroxyl groups is 4. The lowest BCUT2D eigenvalue weighted by molar-refractivity contribution is -0.131. The van der Waals surface area contributed by atoms with Crippen LogP contribution >= 0.6 is 12.6 Å². The highest BCUT2D eigenvalue weighted by Gasteiger charge is 2.27. The second-order valence-electron chi connectivity index (χ2n) is 2.02. The van der Waals surface area contributed by atoms with Crippen LogP contribution in [0, 0.1) is 0 Å². The Bertz CT molecular complexity index is 139. The molecule has 5 nitrogen and oxygen atoms in total. The molecule has 3 atom stereocenters. The van der Waals surface area contributed by atoms with Gasteiger partial charge in [0.2, 0.25) is 5.12 Å². The zero-order valence-corrected chi connectivity index (χ0v) is 6.48. The first kappa shape index (κ1) is 10.9. The van der Waals surface area contributed by atoms with Crippen molar-refractivity contribution in [1.29, 1.82) is 0 Å². The fourth-order valence-corrected chi connectivity index (χ4v) is 0.617. The van der Waals surface area contributed by atoms with Gasteiger partial charge in [0.25, 0.3) is 0 Å². The number of carbonyl (C=O) groups excluding carboxylic acids is 1. The molecule has 0 fully saturated rings. The van der Waals surface area contributed by atoms with Crippen LogP contribution in [0.2, 0.25) is 0 Å². The molecular formula is C5H10O5S. The number of hydrogen-bond donors (Lipinski definition) is 5. The maximum Gasteiger partial charge on any atom is 0.217 e. The molecular weight excluding hydrogens is 172 g/mol. The fraction of sp³-hybridized carbons (Fsp3) is 0.800. The van der Waals surface area contributed by atoms with Crippen molar-refractivity contribution in [2.24, 2.45) is 0 Å². The molecule has 0 bridgehead atoms. The number of aliphatic hydroxyl groups excluding tert-OH is 4. The molecule has 0 saturated carbocycles. The molecule has 0 amide bonds. The first-order valence-corrected chi connectivity index (χ1v) is 3.33. The van der Waals surface area contributed by atoms with Crippen molar-refractivity contribution in [1.82, 2.24) is 0 Å². The Balaban J connectivity index is 4.00. The lowest BCUT2D eigenvalue weighted by Gasteiger charge is -2.18. The van der Waals surface area contributed by atoms with Gasteiger partial charge in [0, 0.05) is 0 Å². The zero-order valence-electron chi connectivity index (χ0n) is 5.58. The molecule has 11 heavy (non-hydrogen) atoms. The van der Waals surface area contributed by atoms with E-state index in [1.54, 1.807) is 0 Å². The Labute approximate surface area is 68.7 Å². The average molecular weight is 182 g/mol. The van der Waals surface area contributed by atoms with Crippen LogP contribution in [-0.4, -0.2) is 50.5 Å². The third kappa shape index (κ3) is 3.17. The number of rotatable bonds is 4. The van der Waals surface area contributed by atoms with Gasteiger partial charge in [0.15, 0.2) is 6.10 Å².